The molecule has 0 saturated carbocycles. The molecule has 1 amide bonds. The molecule has 2 aromatic rings. The second-order valence-corrected chi connectivity index (χ2v) is 5.56. The van der Waals surface area contributed by atoms with Gasteiger partial charge >= 0.3 is 0 Å². The van der Waals surface area contributed by atoms with Crippen LogP contribution in [0.5, 0.6) is 0 Å². The maximum atomic E-state index is 12.6. The van der Waals surface area contributed by atoms with Crippen LogP contribution in [0.2, 0.25) is 0 Å². The van der Waals surface area contributed by atoms with Crippen molar-refractivity contribution in [2.75, 3.05) is 19.7 Å². The van der Waals surface area contributed by atoms with Gasteiger partial charge in [-0.3, -0.25) is 9.59 Å². The normalized spacial score (nSPS) is 18.1. The van der Waals surface area contributed by atoms with Crippen LogP contribution in [0.15, 0.2) is 39.7 Å². The number of furan rings is 1. The maximum absolute atomic E-state index is 12.6. The van der Waals surface area contributed by atoms with Crippen LogP contribution in [0.1, 0.15) is 30.1 Å². The Hall–Kier alpha value is -2.34. The molecule has 122 valence electrons. The van der Waals surface area contributed by atoms with Crippen LogP contribution in [0.25, 0.3) is 11.5 Å². The highest BCUT2D eigenvalue weighted by atomic mass is 16.5. The lowest BCUT2D eigenvalue weighted by molar-refractivity contribution is 0.00718. The number of hydrogen-bond donors (Lipinski definition) is 1. The summed E-state index contributed by atoms with van der Waals surface area (Å²) in [5.41, 5.74) is 0.308. The SMILES string of the molecule is CCO[C@@H]1CCCN(C(=O)c2ccc(-c3ccco3)[nH]c2=O)C1. The van der Waals surface area contributed by atoms with Crippen LogP contribution < -0.4 is 5.56 Å². The fourth-order valence-corrected chi connectivity index (χ4v) is 2.88. The van der Waals surface area contributed by atoms with E-state index in [0.29, 0.717) is 31.2 Å². The van der Waals surface area contributed by atoms with Gasteiger partial charge in [0.15, 0.2) is 0 Å². The van der Waals surface area contributed by atoms with E-state index in [-0.39, 0.29) is 17.6 Å². The Morgan fingerprint density at radius 1 is 1.43 bits per heavy atom. The van der Waals surface area contributed by atoms with Crippen molar-refractivity contribution in [3.63, 3.8) is 0 Å². The minimum atomic E-state index is -0.401. The highest BCUT2D eigenvalue weighted by molar-refractivity contribution is 5.94. The van der Waals surface area contributed by atoms with E-state index in [1.54, 1.807) is 29.2 Å². The number of nitrogens with one attached hydrogen (secondary N) is 1. The predicted molar refractivity (Wildman–Crippen MR) is 85.3 cm³/mol. The number of carbonyl (C=O) groups excluding carboxylic acids is 1. The van der Waals surface area contributed by atoms with E-state index in [2.05, 4.69) is 4.98 Å². The van der Waals surface area contributed by atoms with E-state index in [1.807, 2.05) is 6.92 Å². The first-order valence-corrected chi connectivity index (χ1v) is 7.87. The second-order valence-electron chi connectivity index (χ2n) is 5.56. The average Bonchev–Trinajstić information content (AvgIpc) is 3.09. The molecular formula is C17H20N2O4. The van der Waals surface area contributed by atoms with Gasteiger partial charge in [-0.25, -0.2) is 0 Å². The molecule has 3 heterocycles. The van der Waals surface area contributed by atoms with Crippen LogP contribution in [-0.2, 0) is 4.74 Å². The number of pyridine rings is 1. The van der Waals surface area contributed by atoms with Crippen molar-refractivity contribution in [2.24, 2.45) is 0 Å². The van der Waals surface area contributed by atoms with E-state index in [4.69, 9.17) is 9.15 Å². The molecule has 6 nitrogen and oxygen atoms in total. The number of amides is 1. The molecule has 1 N–H and O–H groups in total. The summed E-state index contributed by atoms with van der Waals surface area (Å²) in [4.78, 5) is 29.2. The third kappa shape index (κ3) is 3.37. The molecule has 0 unspecified atom stereocenters. The van der Waals surface area contributed by atoms with Crippen molar-refractivity contribution in [1.82, 2.24) is 9.88 Å². The maximum Gasteiger partial charge on any atom is 0.261 e. The largest absolute Gasteiger partial charge is 0.463 e. The summed E-state index contributed by atoms with van der Waals surface area (Å²) in [6, 6.07) is 6.75. The van der Waals surface area contributed by atoms with Gasteiger partial charge in [0.1, 0.15) is 11.3 Å². The number of piperidine rings is 1. The third-order valence-electron chi connectivity index (χ3n) is 3.99. The van der Waals surface area contributed by atoms with Gasteiger partial charge < -0.3 is 19.0 Å². The molecule has 1 aliphatic rings. The Bertz CT molecular complexity index is 718. The van der Waals surface area contributed by atoms with Crippen LogP contribution in [0.4, 0.5) is 0 Å². The lowest BCUT2D eigenvalue weighted by Gasteiger charge is -2.32. The lowest BCUT2D eigenvalue weighted by Crippen LogP contribution is -2.44. The molecule has 1 atom stereocenters. The third-order valence-corrected chi connectivity index (χ3v) is 3.99. The minimum absolute atomic E-state index is 0.0548. The molecule has 0 bridgehead atoms. The first kappa shape index (κ1) is 15.6. The molecule has 23 heavy (non-hydrogen) atoms. The zero-order valence-electron chi connectivity index (χ0n) is 13.1. The number of likely N-dealkylation sites (tertiary alicyclic amines) is 1. The Balaban J connectivity index is 1.78. The number of carbonyl (C=O) groups is 1. The summed E-state index contributed by atoms with van der Waals surface area (Å²) in [6.07, 6.45) is 3.43. The first-order chi connectivity index (χ1) is 11.2. The van der Waals surface area contributed by atoms with Crippen LogP contribution in [-0.4, -0.2) is 41.6 Å². The highest BCUT2D eigenvalue weighted by Crippen LogP contribution is 2.18. The monoisotopic (exact) mass is 316 g/mol. The van der Waals surface area contributed by atoms with Crippen molar-refractivity contribution in [1.29, 1.82) is 0 Å². The zero-order chi connectivity index (χ0) is 16.2. The van der Waals surface area contributed by atoms with Gasteiger partial charge in [0, 0.05) is 19.7 Å². The number of H-pyrrole nitrogens is 1. The summed E-state index contributed by atoms with van der Waals surface area (Å²) >= 11 is 0. The van der Waals surface area contributed by atoms with Crippen molar-refractivity contribution < 1.29 is 13.9 Å². The molecule has 0 radical (unpaired) electrons. The smallest absolute Gasteiger partial charge is 0.261 e. The minimum Gasteiger partial charge on any atom is -0.463 e. The summed E-state index contributed by atoms with van der Waals surface area (Å²) in [6.45, 7) is 3.76. The van der Waals surface area contributed by atoms with Crippen molar-refractivity contribution in [3.8, 4) is 11.5 Å². The number of rotatable bonds is 4. The number of ether oxygens (including phenoxy) is 1. The van der Waals surface area contributed by atoms with Crippen molar-refractivity contribution in [2.45, 2.75) is 25.9 Å². The lowest BCUT2D eigenvalue weighted by atomic mass is 10.1. The Morgan fingerprint density at radius 3 is 3.00 bits per heavy atom. The van der Waals surface area contributed by atoms with Crippen molar-refractivity contribution in [3.05, 3.63) is 46.4 Å². The van der Waals surface area contributed by atoms with Crippen LogP contribution >= 0.6 is 0 Å². The van der Waals surface area contributed by atoms with E-state index >= 15 is 0 Å². The van der Waals surface area contributed by atoms with Crippen LogP contribution in [0.3, 0.4) is 0 Å². The Morgan fingerprint density at radius 2 is 2.30 bits per heavy atom. The fraction of sp³-hybridized carbons (Fsp3) is 0.412. The topological polar surface area (TPSA) is 75.5 Å². The Kier molecular flexibility index (Phi) is 4.62. The number of aromatic nitrogens is 1. The van der Waals surface area contributed by atoms with E-state index in [0.717, 1.165) is 12.8 Å². The standard InChI is InChI=1S/C17H20N2O4/c1-2-22-12-5-3-9-19(11-12)17(21)13-7-8-14(18-16(13)20)15-6-4-10-23-15/h4,6-8,10,12H,2-3,5,9,11H2,1H3,(H,18,20)/t12-/m1/s1. The summed E-state index contributed by atoms with van der Waals surface area (Å²) in [7, 11) is 0. The predicted octanol–water partition coefficient (Wildman–Crippen LogP) is 2.28. The molecule has 2 aromatic heterocycles. The molecule has 0 spiro atoms. The molecule has 1 aliphatic heterocycles. The molecule has 0 aromatic carbocycles. The van der Waals surface area contributed by atoms with Gasteiger partial charge in [0.05, 0.1) is 18.1 Å². The van der Waals surface area contributed by atoms with Gasteiger partial charge in [0.2, 0.25) is 0 Å². The summed E-state index contributed by atoms with van der Waals surface area (Å²) in [5.74, 6) is 0.317. The van der Waals surface area contributed by atoms with Crippen molar-refractivity contribution >= 4 is 5.91 Å². The molecule has 1 saturated heterocycles. The Labute approximate surface area is 134 Å². The fourth-order valence-electron chi connectivity index (χ4n) is 2.88. The highest BCUT2D eigenvalue weighted by Gasteiger charge is 2.26. The summed E-state index contributed by atoms with van der Waals surface area (Å²) < 4.78 is 10.9. The zero-order valence-corrected chi connectivity index (χ0v) is 13.1. The quantitative estimate of drug-likeness (QED) is 0.939. The van der Waals surface area contributed by atoms with E-state index in [9.17, 15) is 9.59 Å². The number of nitrogens with zero attached hydrogens (tertiary/aromatic N) is 1. The van der Waals surface area contributed by atoms with E-state index < -0.39 is 5.56 Å². The molecule has 0 aliphatic carbocycles. The summed E-state index contributed by atoms with van der Waals surface area (Å²) in [5, 5.41) is 0. The average molecular weight is 316 g/mol. The number of hydrogen-bond acceptors (Lipinski definition) is 4. The van der Waals surface area contributed by atoms with Gasteiger partial charge in [-0.05, 0) is 44.0 Å². The van der Waals surface area contributed by atoms with Crippen LogP contribution in [0, 0.1) is 0 Å². The first-order valence-electron chi connectivity index (χ1n) is 7.87. The molecular weight excluding hydrogens is 296 g/mol. The number of aromatic amines is 1. The second kappa shape index (κ2) is 6.83. The molecule has 3 rings (SSSR count). The van der Waals surface area contributed by atoms with Gasteiger partial charge in [-0.2, -0.15) is 0 Å². The van der Waals surface area contributed by atoms with Gasteiger partial charge in [-0.1, -0.05) is 0 Å². The van der Waals surface area contributed by atoms with E-state index in [1.165, 1.54) is 6.26 Å². The van der Waals surface area contributed by atoms with Gasteiger partial charge in [-0.15, -0.1) is 0 Å². The van der Waals surface area contributed by atoms with Gasteiger partial charge in [0.25, 0.3) is 11.5 Å². The molecule has 1 fully saturated rings. The molecule has 6 heteroatoms.